The van der Waals surface area contributed by atoms with Crippen molar-refractivity contribution in [1.29, 1.82) is 0 Å². The van der Waals surface area contributed by atoms with Gasteiger partial charge in [-0.25, -0.2) is 9.78 Å². The van der Waals surface area contributed by atoms with E-state index in [1.807, 2.05) is 29.6 Å². The van der Waals surface area contributed by atoms with Gasteiger partial charge >= 0.3 is 12.4 Å². The van der Waals surface area contributed by atoms with E-state index in [1.54, 1.807) is 11.3 Å². The fraction of sp³-hybridized carbons (Fsp3) is 0.304. The van der Waals surface area contributed by atoms with Gasteiger partial charge < -0.3 is 25.0 Å². The molecule has 0 spiro atoms. The number of halogens is 3. The van der Waals surface area contributed by atoms with Crippen molar-refractivity contribution in [1.82, 2.24) is 10.3 Å². The van der Waals surface area contributed by atoms with Gasteiger partial charge in [0.2, 0.25) is 0 Å². The molecule has 7 nitrogen and oxygen atoms in total. The molecule has 1 saturated heterocycles. The number of thiazole rings is 1. The number of hydrogen-bond donors (Lipinski definition) is 2. The van der Waals surface area contributed by atoms with Crippen molar-refractivity contribution >= 4 is 28.2 Å². The number of nitrogens with zero attached hydrogens (tertiary/aromatic N) is 2. The Morgan fingerprint density at radius 3 is 2.47 bits per heavy atom. The Kier molecular flexibility index (Phi) is 7.53. The first-order chi connectivity index (χ1) is 16.4. The van der Waals surface area contributed by atoms with Crippen LogP contribution in [-0.2, 0) is 11.2 Å². The van der Waals surface area contributed by atoms with Crippen molar-refractivity contribution in [2.45, 2.75) is 12.8 Å². The fourth-order valence-corrected chi connectivity index (χ4v) is 4.26. The Bertz CT molecular complexity index is 1080. The average Bonchev–Trinajstić information content (AvgIpc) is 3.31. The summed E-state index contributed by atoms with van der Waals surface area (Å²) >= 11 is 1.60. The van der Waals surface area contributed by atoms with Crippen molar-refractivity contribution in [3.8, 4) is 17.0 Å². The number of anilines is 2. The van der Waals surface area contributed by atoms with Crippen molar-refractivity contribution < 1.29 is 27.4 Å². The summed E-state index contributed by atoms with van der Waals surface area (Å²) in [6.45, 7) is 3.42. The second kappa shape index (κ2) is 10.7. The SMILES string of the molecule is O=C(NCCc1ccc(OC(F)(F)F)cc1)Nc1ccc(-c2csc(N3CCOCC3)n2)cc1. The number of alkyl halides is 3. The van der Waals surface area contributed by atoms with Crippen LogP contribution in [-0.4, -0.2) is 50.2 Å². The second-order valence-corrected chi connectivity index (χ2v) is 8.35. The molecule has 0 radical (unpaired) electrons. The average molecular weight is 493 g/mol. The lowest BCUT2D eigenvalue weighted by Crippen LogP contribution is -2.36. The van der Waals surface area contributed by atoms with E-state index in [4.69, 9.17) is 9.72 Å². The summed E-state index contributed by atoms with van der Waals surface area (Å²) < 4.78 is 45.8. The molecule has 4 rings (SSSR count). The molecule has 1 aliphatic heterocycles. The molecular weight excluding hydrogens is 469 g/mol. The Morgan fingerprint density at radius 2 is 1.79 bits per heavy atom. The maximum absolute atomic E-state index is 12.2. The minimum atomic E-state index is -4.72. The highest BCUT2D eigenvalue weighted by Gasteiger charge is 2.30. The monoisotopic (exact) mass is 492 g/mol. The van der Waals surface area contributed by atoms with Gasteiger partial charge in [-0.15, -0.1) is 24.5 Å². The molecule has 2 amide bonds. The van der Waals surface area contributed by atoms with Crippen LogP contribution < -0.4 is 20.3 Å². The number of ether oxygens (including phenoxy) is 2. The number of nitrogens with one attached hydrogen (secondary N) is 2. The molecule has 0 bridgehead atoms. The van der Waals surface area contributed by atoms with Gasteiger partial charge in [0.25, 0.3) is 0 Å². The Balaban J connectivity index is 1.23. The highest BCUT2D eigenvalue weighted by atomic mass is 32.1. The first-order valence-corrected chi connectivity index (χ1v) is 11.5. The Labute approximate surface area is 198 Å². The Morgan fingerprint density at radius 1 is 1.09 bits per heavy atom. The zero-order valence-electron chi connectivity index (χ0n) is 18.1. The van der Waals surface area contributed by atoms with Crippen LogP contribution in [0, 0.1) is 0 Å². The van der Waals surface area contributed by atoms with Gasteiger partial charge in [-0.1, -0.05) is 24.3 Å². The minimum absolute atomic E-state index is 0.277. The fourth-order valence-electron chi connectivity index (χ4n) is 3.37. The van der Waals surface area contributed by atoms with Gasteiger partial charge in [0.05, 0.1) is 18.9 Å². The van der Waals surface area contributed by atoms with Crippen molar-refractivity contribution in [3.05, 3.63) is 59.5 Å². The molecule has 180 valence electrons. The number of rotatable bonds is 7. The van der Waals surface area contributed by atoms with Crippen LogP contribution in [0.3, 0.4) is 0 Å². The summed E-state index contributed by atoms with van der Waals surface area (Å²) in [7, 11) is 0. The summed E-state index contributed by atoms with van der Waals surface area (Å²) in [6.07, 6.45) is -4.25. The predicted octanol–water partition coefficient (Wildman–Crippen LogP) is 4.91. The zero-order chi connectivity index (χ0) is 24.0. The molecule has 0 aliphatic carbocycles. The van der Waals surface area contributed by atoms with E-state index in [1.165, 1.54) is 24.3 Å². The van der Waals surface area contributed by atoms with E-state index in [0.29, 0.717) is 31.9 Å². The molecule has 0 saturated carbocycles. The minimum Gasteiger partial charge on any atom is -0.406 e. The van der Waals surface area contributed by atoms with E-state index < -0.39 is 6.36 Å². The number of carbonyl (C=O) groups is 1. The highest BCUT2D eigenvalue weighted by molar-refractivity contribution is 7.14. The van der Waals surface area contributed by atoms with Gasteiger partial charge in [-0.05, 0) is 36.2 Å². The summed E-state index contributed by atoms with van der Waals surface area (Å²) in [5.41, 5.74) is 3.26. The van der Waals surface area contributed by atoms with E-state index in [2.05, 4.69) is 20.3 Å². The van der Waals surface area contributed by atoms with E-state index in [-0.39, 0.29) is 11.8 Å². The quantitative estimate of drug-likeness (QED) is 0.490. The normalized spacial score (nSPS) is 14.0. The number of benzene rings is 2. The van der Waals surface area contributed by atoms with Crippen LogP contribution in [0.25, 0.3) is 11.3 Å². The maximum atomic E-state index is 12.2. The van der Waals surface area contributed by atoms with Crippen LogP contribution in [0.2, 0.25) is 0 Å². The molecule has 1 fully saturated rings. The summed E-state index contributed by atoms with van der Waals surface area (Å²) in [4.78, 5) is 19.1. The molecule has 1 aromatic heterocycles. The van der Waals surface area contributed by atoms with E-state index in [9.17, 15) is 18.0 Å². The predicted molar refractivity (Wildman–Crippen MR) is 124 cm³/mol. The standard InChI is InChI=1S/C23H23F3N4O3S/c24-23(25,26)33-19-7-1-16(2-8-19)9-10-27-21(31)28-18-5-3-17(4-6-18)20-15-34-22(29-20)30-11-13-32-14-12-30/h1-8,15H,9-14H2,(H2,27,28,31). The van der Waals surface area contributed by atoms with Crippen LogP contribution in [0.15, 0.2) is 53.9 Å². The van der Waals surface area contributed by atoms with Gasteiger partial charge in [-0.3, -0.25) is 0 Å². The summed E-state index contributed by atoms with van der Waals surface area (Å²) in [5, 5.41) is 8.48. The molecule has 34 heavy (non-hydrogen) atoms. The molecule has 0 unspecified atom stereocenters. The molecule has 2 aromatic carbocycles. The third kappa shape index (κ3) is 6.84. The van der Waals surface area contributed by atoms with Gasteiger partial charge in [-0.2, -0.15) is 0 Å². The number of morpholine rings is 1. The largest absolute Gasteiger partial charge is 0.573 e. The van der Waals surface area contributed by atoms with Gasteiger partial charge in [0.15, 0.2) is 5.13 Å². The van der Waals surface area contributed by atoms with Crippen LogP contribution >= 0.6 is 11.3 Å². The number of hydrogen-bond acceptors (Lipinski definition) is 6. The highest BCUT2D eigenvalue weighted by Crippen LogP contribution is 2.28. The summed E-state index contributed by atoms with van der Waals surface area (Å²) in [5.74, 6) is -0.277. The topological polar surface area (TPSA) is 75.7 Å². The molecule has 1 aliphatic rings. The van der Waals surface area contributed by atoms with Crippen molar-refractivity contribution in [3.63, 3.8) is 0 Å². The Hall–Kier alpha value is -3.31. The van der Waals surface area contributed by atoms with Gasteiger partial charge in [0.1, 0.15) is 5.75 Å². The smallest absolute Gasteiger partial charge is 0.406 e. The van der Waals surface area contributed by atoms with Crippen LogP contribution in [0.4, 0.5) is 28.8 Å². The molecule has 2 N–H and O–H groups in total. The van der Waals surface area contributed by atoms with Crippen LogP contribution in [0.1, 0.15) is 5.56 Å². The second-order valence-electron chi connectivity index (χ2n) is 7.51. The molecular formula is C23H23F3N4O3S. The zero-order valence-corrected chi connectivity index (χ0v) is 18.9. The number of aromatic nitrogens is 1. The lowest BCUT2D eigenvalue weighted by atomic mass is 10.1. The third-order valence-electron chi connectivity index (χ3n) is 5.07. The van der Waals surface area contributed by atoms with Gasteiger partial charge in [0, 0.05) is 36.3 Å². The van der Waals surface area contributed by atoms with Crippen LogP contribution in [0.5, 0.6) is 5.75 Å². The molecule has 0 atom stereocenters. The number of carbonyl (C=O) groups excluding carboxylic acids is 1. The maximum Gasteiger partial charge on any atom is 0.573 e. The third-order valence-corrected chi connectivity index (χ3v) is 5.97. The molecule has 3 aromatic rings. The lowest BCUT2D eigenvalue weighted by molar-refractivity contribution is -0.274. The number of urea groups is 1. The first kappa shape index (κ1) is 23.8. The van der Waals surface area contributed by atoms with Crippen molar-refractivity contribution in [2.24, 2.45) is 0 Å². The van der Waals surface area contributed by atoms with E-state index >= 15 is 0 Å². The lowest BCUT2D eigenvalue weighted by Gasteiger charge is -2.26. The molecule has 2 heterocycles. The first-order valence-electron chi connectivity index (χ1n) is 10.6. The molecule has 11 heteroatoms. The number of amides is 2. The van der Waals surface area contributed by atoms with E-state index in [0.717, 1.165) is 35.0 Å². The summed E-state index contributed by atoms with van der Waals surface area (Å²) in [6, 6.07) is 12.6. The van der Waals surface area contributed by atoms with Crippen molar-refractivity contribution in [2.75, 3.05) is 43.1 Å².